The summed E-state index contributed by atoms with van der Waals surface area (Å²) < 4.78 is 50.3. The number of rotatable bonds is 20. The van der Waals surface area contributed by atoms with Crippen molar-refractivity contribution in [3.8, 4) is 34.2 Å². The van der Waals surface area contributed by atoms with Crippen LogP contribution in [0, 0.1) is 27.7 Å². The largest absolute Gasteiger partial charge is 1.00 e. The Morgan fingerprint density at radius 3 is 1.21 bits per heavy atom. The fraction of sp³-hybridized carbons (Fsp3) is 0.480. The van der Waals surface area contributed by atoms with E-state index in [4.69, 9.17) is 38.2 Å². The number of pyridine rings is 4. The number of likely N-dealkylation sites (N-methyl/N-ethyl adjacent to an activating group) is 1. The summed E-state index contributed by atoms with van der Waals surface area (Å²) in [5.74, 6) is 0.107. The van der Waals surface area contributed by atoms with Gasteiger partial charge in [-0.3, -0.25) is 19.3 Å². The summed E-state index contributed by atoms with van der Waals surface area (Å²) in [6.45, 7) is 46.2. The maximum atomic E-state index is 13.0. The van der Waals surface area contributed by atoms with E-state index in [2.05, 4.69) is 155 Å². The van der Waals surface area contributed by atoms with E-state index in [-0.39, 0.29) is 130 Å². The Labute approximate surface area is 881 Å². The topological polar surface area (TPSA) is 342 Å². The van der Waals surface area contributed by atoms with Crippen molar-refractivity contribution in [2.24, 2.45) is 28.2 Å². The van der Waals surface area contributed by atoms with Crippen molar-refractivity contribution in [1.29, 1.82) is 0 Å². The van der Waals surface area contributed by atoms with Crippen LogP contribution in [0.3, 0.4) is 0 Å². The van der Waals surface area contributed by atoms with Crippen molar-refractivity contribution in [3.05, 3.63) is 201 Å². The van der Waals surface area contributed by atoms with Crippen molar-refractivity contribution >= 4 is 106 Å². The molecule has 12 aromatic heterocycles. The zero-order valence-electron chi connectivity index (χ0n) is 87.9. The van der Waals surface area contributed by atoms with Gasteiger partial charge in [0, 0.05) is 239 Å². The number of carboxylic acids is 1. The Morgan fingerprint density at radius 1 is 0.521 bits per heavy atom. The van der Waals surface area contributed by atoms with Gasteiger partial charge in [0.25, 0.3) is 5.97 Å². The minimum atomic E-state index is -0.833. The van der Waals surface area contributed by atoms with Crippen LogP contribution in [-0.2, 0) is 61.2 Å². The molecule has 4 aliphatic rings. The maximum Gasteiger partial charge on any atom is 1.00 e. The predicted octanol–water partition coefficient (Wildman–Crippen LogP) is 9.46. The van der Waals surface area contributed by atoms with Crippen LogP contribution in [0.5, 0.6) is 0 Å². The third-order valence-electron chi connectivity index (χ3n) is 25.3. The van der Waals surface area contributed by atoms with Crippen LogP contribution in [0.15, 0.2) is 134 Å². The van der Waals surface area contributed by atoms with Crippen LogP contribution in [0.25, 0.3) is 61.9 Å². The number of ketones is 2. The number of nitrogens with one attached hydrogen (secondary N) is 1. The van der Waals surface area contributed by atoms with E-state index in [0.29, 0.717) is 57.4 Å². The fourth-order valence-electron chi connectivity index (χ4n) is 17.3. The average Bonchev–Trinajstić information content (AvgIpc) is 1.68. The number of likely N-dealkylation sites (tertiary alicyclic amines) is 1. The second-order valence-corrected chi connectivity index (χ2v) is 37.6. The number of hydrogen-bond acceptors (Lipinski definition) is 24. The van der Waals surface area contributed by atoms with Gasteiger partial charge in [-0.15, -0.1) is 0 Å². The molecular weight excluding hydrogens is 1860 g/mol. The van der Waals surface area contributed by atoms with Crippen LogP contribution in [0.4, 0.5) is 0 Å². The fourth-order valence-corrected chi connectivity index (χ4v) is 17.5. The number of aryl methyl sites for hydroxylation is 4. The Hall–Kier alpha value is -9.60. The number of ether oxygens (including phenoxy) is 4. The molecule has 0 aromatic carbocycles. The molecule has 3 radical (unpaired) electrons. The smallest absolute Gasteiger partial charge is 1.00 e. The number of hydrogen-bond donors (Lipinski definition) is 2. The van der Waals surface area contributed by atoms with E-state index >= 15 is 0 Å². The third kappa shape index (κ3) is 29.1. The van der Waals surface area contributed by atoms with Gasteiger partial charge >= 0.3 is 90.1 Å². The SMILES string of the molecule is C.C=C(c1c(C)c(C(=O)OC(C)C)cc2cc(-c3nccn3C)cn12)N1CCN(C)CC1.CC(=O)O.CCOC(=O)c1cc2cc(-c3nccn3C)cn2c(C(C)=O)c1C.CCOC(=O)c1cc2cc(B3OC(C)(C)C(C)(C)O3)cn2c(C(C)=O)c1C.CN(C)C1CCNCC1.Cc1c(C(=O)OC(C)C)cc2cc(-c3nccn3C)cn2c1C(C)N1CCC(N(C)C)CC1.Cn1ccnc1Br.[B].[H-].[Na+].[Na+].[OH-]. The predicted molar refractivity (Wildman–Crippen MR) is 548 cm³/mol. The molecule has 747 valence electrons. The number of fused-ring (bicyclic) bond motifs is 4. The van der Waals surface area contributed by atoms with Gasteiger partial charge in [0.15, 0.2) is 16.3 Å². The van der Waals surface area contributed by atoms with Crippen LogP contribution >= 0.6 is 15.9 Å². The van der Waals surface area contributed by atoms with Gasteiger partial charge in [-0.25, -0.2) is 39.1 Å². The number of aromatic nitrogens is 12. The first kappa shape index (κ1) is 121. The Balaban J connectivity index is 0.000000363. The first-order chi connectivity index (χ1) is 63.7. The molecular formula is C102H144B2BrN18Na2O15. The summed E-state index contributed by atoms with van der Waals surface area (Å²) in [7, 11) is 18.1. The van der Waals surface area contributed by atoms with Crippen molar-refractivity contribution in [1.82, 2.24) is 85.6 Å². The molecule has 1 atom stereocenters. The minimum absolute atomic E-state index is 0. The Morgan fingerprint density at radius 2 is 0.864 bits per heavy atom. The first-order valence-corrected chi connectivity index (χ1v) is 46.9. The number of Topliss-reactive ketones (excluding diaryl/α,β-unsaturated/α-hetero) is 2. The summed E-state index contributed by atoms with van der Waals surface area (Å²) in [4.78, 5) is 113. The zero-order chi connectivity index (χ0) is 99.3. The van der Waals surface area contributed by atoms with Crippen molar-refractivity contribution in [2.75, 3.05) is 101 Å². The van der Waals surface area contributed by atoms with Crippen LogP contribution in [0.1, 0.15) is 234 Å². The monoisotopic (exact) mass is 2010 g/mol. The Kier molecular flexibility index (Phi) is 45.9. The van der Waals surface area contributed by atoms with Crippen LogP contribution < -0.4 is 69.9 Å². The number of carbonyl (C=O) groups excluding carboxylic acids is 6. The van der Waals surface area contributed by atoms with Gasteiger partial charge in [-0.05, 0) is 265 Å². The van der Waals surface area contributed by atoms with Gasteiger partial charge in [0.05, 0.1) is 81.7 Å². The number of halogens is 1. The van der Waals surface area contributed by atoms with Gasteiger partial charge < -0.3 is 101 Å². The standard InChI is InChI=1S/C26H37N5O2.C24H31N5O2.C20H26BNO5.C18H19N3O3.C7H16N2.C4H5BrN2.C2H4O2.CH4.B.2Na.H2O.H/c1-17(2)33-26(32)23-15-22-14-20(25-27-10-13-29(25)7)16-31(22)24(18(23)3)19(4)30-11-8-21(9-12-30)28(5)6;1-16(2)31-24(30)21-14-20-13-19(23-25-7-8-27(23)6)15-29(20)22(17(21)3)18(4)28-11-9-26(5)10-12-28;1-8-25-18(24)16-10-15-9-14(11-22(15)17(12(16)2)13(3)23)21-26-19(4,5)20(6,7)27-21;1-5-24-18(23)15-9-14-8-13(17-19-6-7-20(17)4)10-21(14)16(11(15)2)12(3)22;1-9(2)7-3-5-8-6-4-7;1-7-3-2-6-4(7)5;1-2(3)4;;;;;;/h10,13-17,19,21H,8-9,11-12H2,1-7H3;7-8,13-16H,4,9-12H2,1-3,5-6H3;9-11H,8H2,1-7H3;6-10H,5H2,1-4H3;7-8H,3-6H2,1-2H3;2-3H,1H3;1H3,(H,3,4);1H4;;;;1H2;/q;;;;;;;;;2*+1;;-1/p-1. The van der Waals surface area contributed by atoms with Gasteiger partial charge in [-0.1, -0.05) is 14.0 Å². The van der Waals surface area contributed by atoms with Crippen LogP contribution in [-0.4, -0.2) is 284 Å². The number of aliphatic carboxylic acids is 1. The zero-order valence-corrected chi connectivity index (χ0v) is 92.5. The molecule has 38 heteroatoms. The van der Waals surface area contributed by atoms with Crippen LogP contribution in [0.2, 0.25) is 0 Å². The normalized spacial score (nSPS) is 14.8. The van der Waals surface area contributed by atoms with Crippen molar-refractivity contribution in [3.63, 3.8) is 0 Å². The first-order valence-electron chi connectivity index (χ1n) is 46.1. The molecule has 3 N–H and O–H groups in total. The molecule has 4 fully saturated rings. The summed E-state index contributed by atoms with van der Waals surface area (Å²) >= 11 is 3.22. The second-order valence-electron chi connectivity index (χ2n) is 36.9. The van der Waals surface area contributed by atoms with Gasteiger partial charge in [-0.2, -0.15) is 0 Å². The summed E-state index contributed by atoms with van der Waals surface area (Å²) in [5.41, 5.74) is 15.3. The minimum Gasteiger partial charge on any atom is -1.00 e. The van der Waals surface area contributed by atoms with E-state index in [1.807, 2.05) is 181 Å². The number of carbonyl (C=O) groups is 7. The van der Waals surface area contributed by atoms with E-state index in [0.717, 1.165) is 160 Å². The summed E-state index contributed by atoms with van der Waals surface area (Å²) in [6, 6.07) is 17.0. The average molecular weight is 2010 g/mol. The maximum absolute atomic E-state index is 13.0. The van der Waals surface area contributed by atoms with Gasteiger partial charge in [0.2, 0.25) is 0 Å². The third-order valence-corrected chi connectivity index (χ3v) is 26.1. The van der Waals surface area contributed by atoms with E-state index in [9.17, 15) is 28.8 Å². The number of carboxylic acid groups (broad SMARTS) is 1. The number of imidazole rings is 4. The Bertz CT molecular complexity index is 6210. The molecule has 12 aromatic rings. The van der Waals surface area contributed by atoms with Crippen molar-refractivity contribution < 1.29 is 133 Å². The molecule has 0 saturated carbocycles. The number of nitrogens with zero attached hydrogens (tertiary/aromatic N) is 17. The molecule has 4 saturated heterocycles. The molecule has 4 aliphatic heterocycles. The number of piperidine rings is 2. The molecule has 16 rings (SSSR count). The molecule has 0 spiro atoms. The number of esters is 4. The van der Waals surface area contributed by atoms with E-state index in [1.165, 1.54) is 39.8 Å². The molecule has 33 nitrogen and oxygen atoms in total. The number of piperazine rings is 1. The van der Waals surface area contributed by atoms with Gasteiger partial charge in [0.1, 0.15) is 17.5 Å². The van der Waals surface area contributed by atoms with E-state index < -0.39 is 36.2 Å². The molecule has 1 unspecified atom stereocenters. The molecule has 140 heavy (non-hydrogen) atoms. The quantitative estimate of drug-likeness (QED) is 0.0310. The molecule has 0 amide bonds. The molecule has 0 bridgehead atoms. The summed E-state index contributed by atoms with van der Waals surface area (Å²) in [5, 5.41) is 10.8. The second kappa shape index (κ2) is 53.1. The molecule has 0 aliphatic carbocycles. The van der Waals surface area contributed by atoms with E-state index in [1.54, 1.807) is 62.8 Å². The van der Waals surface area contributed by atoms with Crippen molar-refractivity contribution in [2.45, 2.75) is 199 Å². The molecule has 16 heterocycles. The summed E-state index contributed by atoms with van der Waals surface area (Å²) in [6.07, 6.45) is 27.2.